The standard InChI is InChI=1S/C22H18BrN5O3/c23-16-6-8-18(9-7-16)26-27-19-10-11-20(29)15(12-19)14-24-28-22(31)13-21(30)25-17-4-2-1-3-5-17/h1-12,14,29H,13H2,(H,25,30)(H,28,31)/b24-14-,27-26?. The monoisotopic (exact) mass is 479 g/mol. The lowest BCUT2D eigenvalue weighted by Gasteiger charge is -2.04. The maximum Gasteiger partial charge on any atom is 0.249 e. The summed E-state index contributed by atoms with van der Waals surface area (Å²) in [4.78, 5) is 23.8. The molecule has 3 aromatic rings. The van der Waals surface area contributed by atoms with E-state index >= 15 is 0 Å². The van der Waals surface area contributed by atoms with Crippen molar-refractivity contribution in [1.82, 2.24) is 5.43 Å². The van der Waals surface area contributed by atoms with E-state index < -0.39 is 11.8 Å². The second kappa shape index (κ2) is 10.8. The van der Waals surface area contributed by atoms with Crippen LogP contribution in [0.3, 0.4) is 0 Å². The van der Waals surface area contributed by atoms with E-state index in [0.29, 0.717) is 22.6 Å². The van der Waals surface area contributed by atoms with Crippen molar-refractivity contribution in [2.45, 2.75) is 6.42 Å². The molecule has 3 rings (SSSR count). The number of halogens is 1. The van der Waals surface area contributed by atoms with E-state index in [0.717, 1.165) is 4.47 Å². The molecule has 9 heteroatoms. The summed E-state index contributed by atoms with van der Waals surface area (Å²) in [5, 5.41) is 24.6. The molecule has 0 radical (unpaired) electrons. The van der Waals surface area contributed by atoms with Crippen molar-refractivity contribution in [2.24, 2.45) is 15.3 Å². The van der Waals surface area contributed by atoms with E-state index in [9.17, 15) is 14.7 Å². The maximum absolute atomic E-state index is 11.9. The first-order chi connectivity index (χ1) is 15.0. The summed E-state index contributed by atoms with van der Waals surface area (Å²) in [6.45, 7) is 0. The first kappa shape index (κ1) is 21.8. The lowest BCUT2D eigenvalue weighted by Crippen LogP contribution is -2.24. The van der Waals surface area contributed by atoms with Crippen LogP contribution in [-0.2, 0) is 9.59 Å². The van der Waals surface area contributed by atoms with E-state index in [1.807, 2.05) is 18.2 Å². The Labute approximate surface area is 186 Å². The predicted octanol–water partition coefficient (Wildman–Crippen LogP) is 5.05. The summed E-state index contributed by atoms with van der Waals surface area (Å²) < 4.78 is 0.939. The molecular weight excluding hydrogens is 462 g/mol. The maximum atomic E-state index is 11.9. The first-order valence-electron chi connectivity index (χ1n) is 9.17. The summed E-state index contributed by atoms with van der Waals surface area (Å²) in [5.41, 5.74) is 4.36. The third-order valence-electron chi connectivity index (χ3n) is 3.89. The number of hydrogen-bond acceptors (Lipinski definition) is 6. The van der Waals surface area contributed by atoms with Gasteiger partial charge in [-0.3, -0.25) is 9.59 Å². The van der Waals surface area contributed by atoms with Crippen molar-refractivity contribution in [1.29, 1.82) is 0 Å². The van der Waals surface area contributed by atoms with Crippen LogP contribution < -0.4 is 10.7 Å². The lowest BCUT2D eigenvalue weighted by molar-refractivity contribution is -0.126. The van der Waals surface area contributed by atoms with Crippen LogP contribution in [0.25, 0.3) is 0 Å². The average Bonchev–Trinajstić information content (AvgIpc) is 2.75. The van der Waals surface area contributed by atoms with Gasteiger partial charge in [0.15, 0.2) is 0 Å². The fourth-order valence-corrected chi connectivity index (χ4v) is 2.68. The molecule has 156 valence electrons. The Balaban J connectivity index is 1.56. The van der Waals surface area contributed by atoms with E-state index in [4.69, 9.17) is 0 Å². The van der Waals surface area contributed by atoms with Crippen LogP contribution in [0.5, 0.6) is 5.75 Å². The fraction of sp³-hybridized carbons (Fsp3) is 0.0455. The first-order valence-corrected chi connectivity index (χ1v) is 9.96. The van der Waals surface area contributed by atoms with Crippen molar-refractivity contribution in [2.75, 3.05) is 5.32 Å². The predicted molar refractivity (Wildman–Crippen MR) is 122 cm³/mol. The highest BCUT2D eigenvalue weighted by Gasteiger charge is 2.09. The smallest absolute Gasteiger partial charge is 0.249 e. The third-order valence-corrected chi connectivity index (χ3v) is 4.42. The number of nitrogens with one attached hydrogen (secondary N) is 2. The van der Waals surface area contributed by atoms with Crippen LogP contribution in [0.4, 0.5) is 17.1 Å². The van der Waals surface area contributed by atoms with Crippen LogP contribution in [0.1, 0.15) is 12.0 Å². The van der Waals surface area contributed by atoms with Gasteiger partial charge in [-0.2, -0.15) is 15.3 Å². The van der Waals surface area contributed by atoms with E-state index in [1.54, 1.807) is 48.5 Å². The number of aromatic hydroxyl groups is 1. The van der Waals surface area contributed by atoms with Gasteiger partial charge in [-0.15, -0.1) is 0 Å². The molecule has 0 fully saturated rings. The Morgan fingerprint density at radius 3 is 2.32 bits per heavy atom. The largest absolute Gasteiger partial charge is 0.507 e. The second-order valence-electron chi connectivity index (χ2n) is 6.30. The van der Waals surface area contributed by atoms with Crippen molar-refractivity contribution in [3.8, 4) is 5.75 Å². The Morgan fingerprint density at radius 1 is 0.903 bits per heavy atom. The van der Waals surface area contributed by atoms with Gasteiger partial charge < -0.3 is 10.4 Å². The van der Waals surface area contributed by atoms with Gasteiger partial charge in [-0.05, 0) is 54.6 Å². The average molecular weight is 480 g/mol. The number of phenols is 1. The molecule has 0 bridgehead atoms. The summed E-state index contributed by atoms with van der Waals surface area (Å²) in [7, 11) is 0. The molecule has 0 atom stereocenters. The Bertz CT molecular complexity index is 1120. The van der Waals surface area contributed by atoms with Crippen molar-refractivity contribution < 1.29 is 14.7 Å². The van der Waals surface area contributed by atoms with Crippen molar-refractivity contribution >= 4 is 51.0 Å². The van der Waals surface area contributed by atoms with Crippen LogP contribution in [0.15, 0.2) is 92.6 Å². The van der Waals surface area contributed by atoms with Gasteiger partial charge in [-0.25, -0.2) is 5.43 Å². The highest BCUT2D eigenvalue weighted by molar-refractivity contribution is 9.10. The molecule has 0 unspecified atom stereocenters. The summed E-state index contributed by atoms with van der Waals surface area (Å²) in [6.07, 6.45) is 0.876. The highest BCUT2D eigenvalue weighted by Crippen LogP contribution is 2.24. The number of para-hydroxylation sites is 1. The Morgan fingerprint density at radius 2 is 1.58 bits per heavy atom. The van der Waals surface area contributed by atoms with Crippen LogP contribution in [0, 0.1) is 0 Å². The minimum absolute atomic E-state index is 0.0394. The number of hydrazone groups is 1. The van der Waals surface area contributed by atoms with Gasteiger partial charge in [0, 0.05) is 15.7 Å². The van der Waals surface area contributed by atoms with Crippen LogP contribution in [-0.4, -0.2) is 23.1 Å². The number of anilines is 1. The fourth-order valence-electron chi connectivity index (χ4n) is 2.42. The molecule has 2 amide bonds. The van der Waals surface area contributed by atoms with Crippen molar-refractivity contribution in [3.63, 3.8) is 0 Å². The molecule has 0 spiro atoms. The summed E-state index contributed by atoms with van der Waals surface area (Å²) >= 11 is 3.35. The normalized spacial score (nSPS) is 11.0. The number of phenolic OH excluding ortho intramolecular Hbond substituents is 1. The SMILES string of the molecule is O=C(CC(=O)Nc1ccccc1)N/N=C\c1cc(N=Nc2ccc(Br)cc2)ccc1O. The number of carbonyl (C=O) groups is 2. The van der Waals surface area contributed by atoms with Gasteiger partial charge in [0.05, 0.1) is 17.6 Å². The van der Waals surface area contributed by atoms with Crippen molar-refractivity contribution in [3.05, 3.63) is 82.8 Å². The molecule has 0 heterocycles. The van der Waals surface area contributed by atoms with Crippen LogP contribution in [0.2, 0.25) is 0 Å². The topological polar surface area (TPSA) is 116 Å². The van der Waals surface area contributed by atoms with E-state index in [1.165, 1.54) is 12.3 Å². The number of benzene rings is 3. The van der Waals surface area contributed by atoms with Gasteiger partial charge in [-0.1, -0.05) is 34.1 Å². The van der Waals surface area contributed by atoms with Gasteiger partial charge >= 0.3 is 0 Å². The zero-order valence-electron chi connectivity index (χ0n) is 16.2. The van der Waals surface area contributed by atoms with E-state index in [2.05, 4.69) is 42.0 Å². The second-order valence-corrected chi connectivity index (χ2v) is 7.22. The third kappa shape index (κ3) is 7.16. The van der Waals surface area contributed by atoms with E-state index in [-0.39, 0.29) is 12.2 Å². The molecule has 0 saturated heterocycles. The number of azo groups is 1. The van der Waals surface area contributed by atoms with Gasteiger partial charge in [0.25, 0.3) is 0 Å². The summed E-state index contributed by atoms with van der Waals surface area (Å²) in [5.74, 6) is -1.09. The quantitative estimate of drug-likeness (QED) is 0.190. The molecule has 3 N–H and O–H groups in total. The minimum Gasteiger partial charge on any atom is -0.507 e. The number of nitrogens with zero attached hydrogens (tertiary/aromatic N) is 3. The molecule has 0 aliphatic heterocycles. The summed E-state index contributed by atoms with van der Waals surface area (Å²) in [6, 6.07) is 20.7. The van der Waals surface area contributed by atoms with Crippen LogP contribution >= 0.6 is 15.9 Å². The number of rotatable bonds is 7. The molecule has 31 heavy (non-hydrogen) atoms. The number of amides is 2. The molecule has 0 aliphatic rings. The zero-order chi connectivity index (χ0) is 22.1. The molecule has 0 saturated carbocycles. The van der Waals surface area contributed by atoms with Gasteiger partial charge in [0.2, 0.25) is 11.8 Å². The minimum atomic E-state index is -0.588. The Kier molecular flexibility index (Phi) is 7.61. The number of hydrogen-bond donors (Lipinski definition) is 3. The highest BCUT2D eigenvalue weighted by atomic mass is 79.9. The molecule has 0 aliphatic carbocycles. The molecule has 3 aromatic carbocycles. The Hall–Kier alpha value is -3.85. The molecule has 8 nitrogen and oxygen atoms in total. The molecular formula is C22H18BrN5O3. The lowest BCUT2D eigenvalue weighted by atomic mass is 10.2. The van der Waals surface area contributed by atoms with Gasteiger partial charge in [0.1, 0.15) is 12.2 Å². The molecule has 0 aromatic heterocycles. The zero-order valence-corrected chi connectivity index (χ0v) is 17.8. The number of carbonyl (C=O) groups excluding carboxylic acids is 2.